The number of hydrogen-bond acceptors (Lipinski definition) is 4. The molecule has 0 aromatic heterocycles. The van der Waals surface area contributed by atoms with E-state index in [-0.39, 0.29) is 5.92 Å². The third-order valence-electron chi connectivity index (χ3n) is 4.35. The van der Waals surface area contributed by atoms with Crippen LogP contribution in [0.2, 0.25) is 0 Å². The van der Waals surface area contributed by atoms with Crippen molar-refractivity contribution in [2.45, 2.75) is 24.5 Å². The summed E-state index contributed by atoms with van der Waals surface area (Å²) >= 11 is 0. The maximum absolute atomic E-state index is 11.9. The zero-order valence-electron chi connectivity index (χ0n) is 11.5. The van der Waals surface area contributed by atoms with E-state index in [1.54, 1.807) is 0 Å². The van der Waals surface area contributed by atoms with Gasteiger partial charge in [0.2, 0.25) is 0 Å². The van der Waals surface area contributed by atoms with Crippen LogP contribution in [0, 0.1) is 5.41 Å². The van der Waals surface area contributed by atoms with Crippen molar-refractivity contribution in [1.82, 2.24) is 0 Å². The van der Waals surface area contributed by atoms with Crippen molar-refractivity contribution in [3.63, 3.8) is 0 Å². The summed E-state index contributed by atoms with van der Waals surface area (Å²) in [5, 5.41) is -0.442. The molecule has 0 heterocycles. The molecular weight excluding hydrogens is 260 g/mol. The Morgan fingerprint density at radius 3 is 2.00 bits per heavy atom. The van der Waals surface area contributed by atoms with Gasteiger partial charge in [-0.15, -0.1) is 0 Å². The molecule has 1 aromatic carbocycles. The Morgan fingerprint density at radius 1 is 1.16 bits per heavy atom. The van der Waals surface area contributed by atoms with Gasteiger partial charge >= 0.3 is 0 Å². The molecule has 106 valence electrons. The maximum Gasteiger partial charge on any atom is 0.151 e. The van der Waals surface area contributed by atoms with Gasteiger partial charge in [-0.3, -0.25) is 0 Å². The molecule has 0 unspecified atom stereocenters. The van der Waals surface area contributed by atoms with E-state index in [9.17, 15) is 8.42 Å². The molecule has 0 radical (unpaired) electrons. The van der Waals surface area contributed by atoms with Crippen molar-refractivity contribution in [1.29, 1.82) is 0 Å². The van der Waals surface area contributed by atoms with Crippen LogP contribution in [0.25, 0.3) is 0 Å². The monoisotopic (exact) mass is 282 g/mol. The summed E-state index contributed by atoms with van der Waals surface area (Å²) in [6, 6.07) is 8.11. The summed E-state index contributed by atoms with van der Waals surface area (Å²) in [5.74, 6) is -0.0663. The summed E-state index contributed by atoms with van der Waals surface area (Å²) in [4.78, 5) is 0. The first-order valence-corrected chi connectivity index (χ1v) is 8.54. The number of hydrogen-bond donors (Lipinski definition) is 2. The molecule has 1 aliphatic carbocycles. The van der Waals surface area contributed by atoms with Gasteiger partial charge in [0, 0.05) is 30.7 Å². The topological polar surface area (TPSA) is 86.2 Å². The Morgan fingerprint density at radius 2 is 1.68 bits per heavy atom. The van der Waals surface area contributed by atoms with Crippen molar-refractivity contribution in [2.24, 2.45) is 16.9 Å². The van der Waals surface area contributed by atoms with Crippen LogP contribution in [0.1, 0.15) is 24.0 Å². The molecular formula is C14H22N2O2S. The van der Waals surface area contributed by atoms with Gasteiger partial charge in [-0.25, -0.2) is 8.42 Å². The van der Waals surface area contributed by atoms with E-state index in [2.05, 4.69) is 6.92 Å². The average Bonchev–Trinajstić information content (AvgIpc) is 3.09. The van der Waals surface area contributed by atoms with Gasteiger partial charge < -0.3 is 11.5 Å². The zero-order chi connectivity index (χ0) is 14.3. The van der Waals surface area contributed by atoms with E-state index >= 15 is 0 Å². The molecule has 4 nitrogen and oxygen atoms in total. The molecule has 1 saturated carbocycles. The fourth-order valence-corrected chi connectivity index (χ4v) is 5.20. The lowest BCUT2D eigenvalue weighted by molar-refractivity contribution is 0.511. The second kappa shape index (κ2) is 4.89. The Labute approximate surface area is 115 Å². The van der Waals surface area contributed by atoms with E-state index in [0.29, 0.717) is 13.1 Å². The summed E-state index contributed by atoms with van der Waals surface area (Å²) < 4.78 is 23.8. The fourth-order valence-electron chi connectivity index (χ4n) is 3.16. The Bertz CT molecular complexity index is 547. The average molecular weight is 282 g/mol. The lowest BCUT2D eigenvalue weighted by Gasteiger charge is -2.12. The first-order valence-electron chi connectivity index (χ1n) is 6.58. The number of benzene rings is 1. The maximum atomic E-state index is 11.9. The summed E-state index contributed by atoms with van der Waals surface area (Å²) in [7, 11) is -3.13. The van der Waals surface area contributed by atoms with Crippen LogP contribution >= 0.6 is 0 Å². The lowest BCUT2D eigenvalue weighted by Crippen LogP contribution is -2.31. The van der Waals surface area contributed by atoms with Gasteiger partial charge in [0.1, 0.15) is 0 Å². The minimum atomic E-state index is -3.13. The number of nitrogens with two attached hydrogens (primary N) is 2. The van der Waals surface area contributed by atoms with Crippen molar-refractivity contribution in [2.75, 3.05) is 19.3 Å². The number of rotatable bonds is 5. The first-order chi connectivity index (χ1) is 8.90. The van der Waals surface area contributed by atoms with E-state index in [4.69, 9.17) is 11.5 Å². The van der Waals surface area contributed by atoms with Crippen molar-refractivity contribution in [3.05, 3.63) is 35.4 Å². The van der Waals surface area contributed by atoms with Gasteiger partial charge in [-0.2, -0.15) is 0 Å². The van der Waals surface area contributed by atoms with Crippen molar-refractivity contribution >= 4 is 9.84 Å². The van der Waals surface area contributed by atoms with Crippen LogP contribution in [0.5, 0.6) is 0 Å². The van der Waals surface area contributed by atoms with Crippen LogP contribution < -0.4 is 11.5 Å². The van der Waals surface area contributed by atoms with E-state index in [1.807, 2.05) is 24.3 Å². The fraction of sp³-hybridized carbons (Fsp3) is 0.571. The molecule has 0 aliphatic heterocycles. The van der Waals surface area contributed by atoms with Gasteiger partial charge in [-0.05, 0) is 17.5 Å². The molecule has 1 fully saturated rings. The molecule has 1 aliphatic rings. The van der Waals surface area contributed by atoms with Crippen LogP contribution in [0.15, 0.2) is 24.3 Å². The minimum absolute atomic E-state index is 0.0663. The molecule has 4 N–H and O–H groups in total. The molecule has 0 bridgehead atoms. The summed E-state index contributed by atoms with van der Waals surface area (Å²) in [6.07, 6.45) is 2.25. The molecule has 2 atom stereocenters. The molecule has 0 saturated heterocycles. The molecule has 1 aromatic rings. The quantitative estimate of drug-likeness (QED) is 0.831. The van der Waals surface area contributed by atoms with Crippen LogP contribution in [-0.2, 0) is 16.3 Å². The Hall–Kier alpha value is -0.910. The highest BCUT2D eigenvalue weighted by Gasteiger charge is 2.68. The van der Waals surface area contributed by atoms with E-state index in [0.717, 1.165) is 12.0 Å². The minimum Gasteiger partial charge on any atom is -0.330 e. The third-order valence-corrected chi connectivity index (χ3v) is 6.01. The predicted octanol–water partition coefficient (Wildman–Crippen LogP) is 0.663. The lowest BCUT2D eigenvalue weighted by atomic mass is 9.98. The normalized spacial score (nSPS) is 25.3. The number of aryl methyl sites for hydroxylation is 1. The Kier molecular flexibility index (Phi) is 3.73. The second-order valence-electron chi connectivity index (χ2n) is 5.46. The van der Waals surface area contributed by atoms with Crippen LogP contribution in [0.4, 0.5) is 0 Å². The standard InChI is InChI=1S/C14H22N2O2S/c1-3-10-4-6-11(7-5-10)12-13(19(2,17)18)14(12,8-15)9-16/h4-7,12-13H,3,8-9,15-16H2,1-2H3/t12-,13+/m0/s1. The van der Waals surface area contributed by atoms with Crippen LogP contribution in [-0.4, -0.2) is 33.0 Å². The van der Waals surface area contributed by atoms with E-state index in [1.165, 1.54) is 11.8 Å². The van der Waals surface area contributed by atoms with Gasteiger partial charge in [0.05, 0.1) is 5.25 Å². The van der Waals surface area contributed by atoms with E-state index < -0.39 is 20.5 Å². The largest absolute Gasteiger partial charge is 0.330 e. The van der Waals surface area contributed by atoms with Gasteiger partial charge in [0.25, 0.3) is 0 Å². The van der Waals surface area contributed by atoms with Crippen molar-refractivity contribution < 1.29 is 8.42 Å². The highest BCUT2D eigenvalue weighted by Crippen LogP contribution is 2.61. The number of sulfone groups is 1. The predicted molar refractivity (Wildman–Crippen MR) is 77.7 cm³/mol. The third kappa shape index (κ3) is 2.30. The zero-order valence-corrected chi connectivity index (χ0v) is 12.3. The van der Waals surface area contributed by atoms with Gasteiger partial charge in [0.15, 0.2) is 9.84 Å². The summed E-state index contributed by atoms with van der Waals surface area (Å²) in [5.41, 5.74) is 13.4. The highest BCUT2D eigenvalue weighted by molar-refractivity contribution is 7.91. The highest BCUT2D eigenvalue weighted by atomic mass is 32.2. The Balaban J connectivity index is 2.37. The molecule has 0 amide bonds. The second-order valence-corrected chi connectivity index (χ2v) is 7.63. The molecule has 5 heteroatoms. The first kappa shape index (κ1) is 14.5. The summed E-state index contributed by atoms with van der Waals surface area (Å²) in [6.45, 7) is 2.71. The SMILES string of the molecule is CCc1ccc([C@H]2[C@@H](S(C)(=O)=O)C2(CN)CN)cc1. The van der Waals surface area contributed by atoms with Crippen molar-refractivity contribution in [3.8, 4) is 0 Å². The van der Waals surface area contributed by atoms with Gasteiger partial charge in [-0.1, -0.05) is 31.2 Å². The molecule has 0 spiro atoms. The molecule has 19 heavy (non-hydrogen) atoms. The van der Waals surface area contributed by atoms with Crippen LogP contribution in [0.3, 0.4) is 0 Å². The molecule has 2 rings (SSSR count). The smallest absolute Gasteiger partial charge is 0.151 e.